The summed E-state index contributed by atoms with van der Waals surface area (Å²) < 4.78 is 5.88. The van der Waals surface area contributed by atoms with Crippen LogP contribution in [0.25, 0.3) is 0 Å². The average Bonchev–Trinajstić information content (AvgIpc) is 2.57. The Hall–Kier alpha value is -1.75. The van der Waals surface area contributed by atoms with E-state index in [9.17, 15) is 4.79 Å². The van der Waals surface area contributed by atoms with Crippen LogP contribution in [0.4, 0.5) is 4.79 Å². The molecule has 132 valence electrons. The molecule has 0 radical (unpaired) electrons. The van der Waals surface area contributed by atoms with Gasteiger partial charge in [0.25, 0.3) is 0 Å². The van der Waals surface area contributed by atoms with E-state index in [-0.39, 0.29) is 12.1 Å². The van der Waals surface area contributed by atoms with Crippen LogP contribution in [0.3, 0.4) is 0 Å². The van der Waals surface area contributed by atoms with Crippen LogP contribution in [0.1, 0.15) is 31.7 Å². The summed E-state index contributed by atoms with van der Waals surface area (Å²) >= 11 is 0. The zero-order valence-electron chi connectivity index (χ0n) is 14.8. The SMILES string of the molecule is Cc1ccc(OC2CN(C(=O)NC[C@@H](C)N3CCCCC3)C2)cc1. The molecule has 24 heavy (non-hydrogen) atoms. The fourth-order valence-electron chi connectivity index (χ4n) is 3.32. The number of benzene rings is 1. The molecular formula is C19H29N3O2. The second kappa shape index (κ2) is 7.88. The fraction of sp³-hybridized carbons (Fsp3) is 0.632. The number of likely N-dealkylation sites (tertiary alicyclic amines) is 2. The van der Waals surface area contributed by atoms with Gasteiger partial charge >= 0.3 is 6.03 Å². The van der Waals surface area contributed by atoms with Gasteiger partial charge in [-0.1, -0.05) is 24.1 Å². The number of rotatable bonds is 5. The maximum atomic E-state index is 12.2. The molecule has 1 aromatic carbocycles. The standard InChI is InChI=1S/C19H29N3O2/c1-15-6-8-17(9-7-15)24-18-13-22(14-18)19(23)20-12-16(2)21-10-4-3-5-11-21/h6-9,16,18H,3-5,10-14H2,1-2H3,(H,20,23)/t16-/m1/s1. The molecule has 0 aromatic heterocycles. The van der Waals surface area contributed by atoms with Crippen molar-refractivity contribution in [2.75, 3.05) is 32.7 Å². The van der Waals surface area contributed by atoms with Gasteiger partial charge in [0.1, 0.15) is 11.9 Å². The summed E-state index contributed by atoms with van der Waals surface area (Å²) in [6.45, 7) is 8.63. The van der Waals surface area contributed by atoms with Crippen LogP contribution in [0.2, 0.25) is 0 Å². The van der Waals surface area contributed by atoms with Gasteiger partial charge in [-0.25, -0.2) is 4.79 Å². The average molecular weight is 331 g/mol. The van der Waals surface area contributed by atoms with Crippen molar-refractivity contribution in [3.05, 3.63) is 29.8 Å². The van der Waals surface area contributed by atoms with E-state index in [1.165, 1.54) is 24.8 Å². The smallest absolute Gasteiger partial charge is 0.317 e. The molecule has 0 saturated carbocycles. The Morgan fingerprint density at radius 3 is 2.54 bits per heavy atom. The molecular weight excluding hydrogens is 302 g/mol. The van der Waals surface area contributed by atoms with E-state index < -0.39 is 0 Å². The van der Waals surface area contributed by atoms with E-state index in [4.69, 9.17) is 4.74 Å². The van der Waals surface area contributed by atoms with Crippen molar-refractivity contribution in [2.24, 2.45) is 0 Å². The van der Waals surface area contributed by atoms with Gasteiger partial charge in [0.2, 0.25) is 0 Å². The first-order valence-electron chi connectivity index (χ1n) is 9.12. The second-order valence-electron chi connectivity index (χ2n) is 7.09. The number of carbonyl (C=O) groups is 1. The Labute approximate surface area is 145 Å². The number of piperidine rings is 1. The largest absolute Gasteiger partial charge is 0.487 e. The zero-order valence-corrected chi connectivity index (χ0v) is 14.8. The molecule has 5 nitrogen and oxygen atoms in total. The molecule has 0 spiro atoms. The summed E-state index contributed by atoms with van der Waals surface area (Å²) in [6, 6.07) is 8.50. The Morgan fingerprint density at radius 2 is 1.88 bits per heavy atom. The first-order chi connectivity index (χ1) is 11.6. The molecule has 0 aliphatic carbocycles. The van der Waals surface area contributed by atoms with Crippen LogP contribution in [0.5, 0.6) is 5.75 Å². The van der Waals surface area contributed by atoms with Crippen molar-refractivity contribution in [3.8, 4) is 5.75 Å². The maximum absolute atomic E-state index is 12.2. The van der Waals surface area contributed by atoms with Crippen molar-refractivity contribution in [1.29, 1.82) is 0 Å². The Balaban J connectivity index is 1.34. The molecule has 5 heteroatoms. The quantitative estimate of drug-likeness (QED) is 0.902. The molecule has 2 fully saturated rings. The molecule has 2 saturated heterocycles. The lowest BCUT2D eigenvalue weighted by molar-refractivity contribution is 0.0436. The van der Waals surface area contributed by atoms with E-state index in [0.29, 0.717) is 19.1 Å². The number of nitrogens with zero attached hydrogens (tertiary/aromatic N) is 2. The molecule has 1 aromatic rings. The van der Waals surface area contributed by atoms with Gasteiger partial charge in [0.05, 0.1) is 13.1 Å². The molecule has 0 unspecified atom stereocenters. The van der Waals surface area contributed by atoms with Gasteiger partial charge in [-0.15, -0.1) is 0 Å². The number of nitrogens with one attached hydrogen (secondary N) is 1. The highest BCUT2D eigenvalue weighted by atomic mass is 16.5. The summed E-state index contributed by atoms with van der Waals surface area (Å²) in [5.74, 6) is 0.879. The number of aryl methyl sites for hydroxylation is 1. The van der Waals surface area contributed by atoms with Crippen molar-refractivity contribution < 1.29 is 9.53 Å². The Bertz CT molecular complexity index is 534. The monoisotopic (exact) mass is 331 g/mol. The number of hydrogen-bond acceptors (Lipinski definition) is 3. The highest BCUT2D eigenvalue weighted by Crippen LogP contribution is 2.18. The highest BCUT2D eigenvalue weighted by molar-refractivity contribution is 5.75. The fourth-order valence-corrected chi connectivity index (χ4v) is 3.32. The van der Waals surface area contributed by atoms with Crippen LogP contribution >= 0.6 is 0 Å². The van der Waals surface area contributed by atoms with Gasteiger partial charge < -0.3 is 15.0 Å². The van der Waals surface area contributed by atoms with Crippen LogP contribution in [-0.2, 0) is 0 Å². The molecule has 0 bridgehead atoms. The van der Waals surface area contributed by atoms with E-state index in [0.717, 1.165) is 25.4 Å². The lowest BCUT2D eigenvalue weighted by Gasteiger charge is -2.39. The Morgan fingerprint density at radius 1 is 1.21 bits per heavy atom. The van der Waals surface area contributed by atoms with Gasteiger partial charge in [-0.05, 0) is 51.9 Å². The Kier molecular flexibility index (Phi) is 5.61. The molecule has 3 rings (SSSR count). The second-order valence-corrected chi connectivity index (χ2v) is 7.09. The predicted octanol–water partition coefficient (Wildman–Crippen LogP) is 2.64. The minimum absolute atomic E-state index is 0.0302. The predicted molar refractivity (Wildman–Crippen MR) is 95.5 cm³/mol. The molecule has 2 aliphatic heterocycles. The van der Waals surface area contributed by atoms with Crippen LogP contribution in [0.15, 0.2) is 24.3 Å². The third-order valence-corrected chi connectivity index (χ3v) is 5.02. The van der Waals surface area contributed by atoms with Crippen LogP contribution in [-0.4, -0.2) is 60.7 Å². The number of urea groups is 1. The van der Waals surface area contributed by atoms with E-state index in [1.54, 1.807) is 0 Å². The van der Waals surface area contributed by atoms with Gasteiger partial charge in [-0.3, -0.25) is 4.90 Å². The van der Waals surface area contributed by atoms with Gasteiger partial charge in [-0.2, -0.15) is 0 Å². The van der Waals surface area contributed by atoms with Crippen molar-refractivity contribution in [2.45, 2.75) is 45.3 Å². The topological polar surface area (TPSA) is 44.8 Å². The summed E-state index contributed by atoms with van der Waals surface area (Å²) in [6.07, 6.45) is 4.01. The third-order valence-electron chi connectivity index (χ3n) is 5.02. The minimum atomic E-state index is 0.0302. The molecule has 2 heterocycles. The lowest BCUT2D eigenvalue weighted by atomic mass is 10.1. The third kappa shape index (κ3) is 4.41. The summed E-state index contributed by atoms with van der Waals surface area (Å²) in [4.78, 5) is 16.5. The van der Waals surface area contributed by atoms with Crippen molar-refractivity contribution >= 4 is 6.03 Å². The van der Waals surface area contributed by atoms with Gasteiger partial charge in [0, 0.05) is 12.6 Å². The highest BCUT2D eigenvalue weighted by Gasteiger charge is 2.32. The number of ether oxygens (including phenoxy) is 1. The van der Waals surface area contributed by atoms with E-state index >= 15 is 0 Å². The van der Waals surface area contributed by atoms with Gasteiger partial charge in [0.15, 0.2) is 0 Å². The summed E-state index contributed by atoms with van der Waals surface area (Å²) in [5, 5.41) is 3.06. The van der Waals surface area contributed by atoms with E-state index in [1.807, 2.05) is 29.2 Å². The minimum Gasteiger partial charge on any atom is -0.487 e. The number of carbonyl (C=O) groups excluding carboxylic acids is 1. The lowest BCUT2D eigenvalue weighted by Crippen LogP contribution is -2.59. The molecule has 1 N–H and O–H groups in total. The first kappa shape index (κ1) is 17.1. The van der Waals surface area contributed by atoms with Crippen molar-refractivity contribution in [1.82, 2.24) is 15.1 Å². The molecule has 2 aliphatic rings. The molecule has 2 amide bonds. The normalized spacial score (nSPS) is 20.3. The number of hydrogen-bond donors (Lipinski definition) is 1. The molecule has 1 atom stereocenters. The zero-order chi connectivity index (χ0) is 16.9. The maximum Gasteiger partial charge on any atom is 0.317 e. The first-order valence-corrected chi connectivity index (χ1v) is 9.12. The van der Waals surface area contributed by atoms with Crippen LogP contribution < -0.4 is 10.1 Å². The van der Waals surface area contributed by atoms with Crippen LogP contribution in [0, 0.1) is 6.92 Å². The summed E-state index contributed by atoms with van der Waals surface area (Å²) in [5.41, 5.74) is 1.22. The summed E-state index contributed by atoms with van der Waals surface area (Å²) in [7, 11) is 0. The number of amides is 2. The van der Waals surface area contributed by atoms with E-state index in [2.05, 4.69) is 24.1 Å². The van der Waals surface area contributed by atoms with Crippen molar-refractivity contribution in [3.63, 3.8) is 0 Å².